The Kier molecular flexibility index (Phi) is 5.23. The third-order valence-corrected chi connectivity index (χ3v) is 5.34. The topological polar surface area (TPSA) is 79.3 Å². The van der Waals surface area contributed by atoms with Crippen molar-refractivity contribution in [3.05, 3.63) is 11.9 Å². The maximum absolute atomic E-state index is 12.6. The molecule has 1 fully saturated rings. The molecule has 7 nitrogen and oxygen atoms in total. The lowest BCUT2D eigenvalue weighted by atomic mass is 10.1. The van der Waals surface area contributed by atoms with Crippen LogP contribution >= 0.6 is 0 Å². The van der Waals surface area contributed by atoms with Gasteiger partial charge >= 0.3 is 10.2 Å². The van der Waals surface area contributed by atoms with E-state index in [-0.39, 0.29) is 6.04 Å². The Morgan fingerprint density at radius 1 is 1.43 bits per heavy atom. The number of aryl methyl sites for hydroxylation is 2. The summed E-state index contributed by atoms with van der Waals surface area (Å²) >= 11 is 0. The zero-order chi connectivity index (χ0) is 15.5. The van der Waals surface area contributed by atoms with E-state index in [0.717, 1.165) is 25.8 Å². The second-order valence-corrected chi connectivity index (χ2v) is 7.10. The van der Waals surface area contributed by atoms with E-state index in [2.05, 4.69) is 15.1 Å². The molecule has 2 N–H and O–H groups in total. The molecule has 2 rings (SSSR count). The van der Waals surface area contributed by atoms with E-state index in [4.69, 9.17) is 0 Å². The standard InChI is InChI=1S/C13H25N5O2S/c1-4-14-9-12-7-5-6-8-18(12)21(19,20)16-13-10-17(3)15-11(13)2/h10,12,14,16H,4-9H2,1-3H3. The first-order valence-electron chi connectivity index (χ1n) is 7.44. The molecule has 0 bridgehead atoms. The summed E-state index contributed by atoms with van der Waals surface area (Å²) in [5.74, 6) is 0. The predicted octanol–water partition coefficient (Wildman–Crippen LogP) is 0.849. The van der Waals surface area contributed by atoms with Crippen molar-refractivity contribution in [2.45, 2.75) is 39.2 Å². The largest absolute Gasteiger partial charge is 0.315 e. The van der Waals surface area contributed by atoms with E-state index >= 15 is 0 Å². The lowest BCUT2D eigenvalue weighted by Crippen LogP contribution is -2.50. The highest BCUT2D eigenvalue weighted by Gasteiger charge is 2.32. The highest BCUT2D eigenvalue weighted by molar-refractivity contribution is 7.90. The summed E-state index contributed by atoms with van der Waals surface area (Å²) in [7, 11) is -1.76. The van der Waals surface area contributed by atoms with Gasteiger partial charge in [0.25, 0.3) is 0 Å². The third kappa shape index (κ3) is 3.96. The van der Waals surface area contributed by atoms with Gasteiger partial charge in [-0.1, -0.05) is 13.3 Å². The number of aromatic nitrogens is 2. The Balaban J connectivity index is 2.14. The molecule has 1 atom stereocenters. The normalized spacial score (nSPS) is 20.6. The summed E-state index contributed by atoms with van der Waals surface area (Å²) < 4.78 is 31.2. The SMILES string of the molecule is CCNCC1CCCCN1S(=O)(=O)Nc1cn(C)nc1C. The van der Waals surface area contributed by atoms with Gasteiger partial charge in [0.1, 0.15) is 0 Å². The number of hydrogen-bond donors (Lipinski definition) is 2. The number of rotatable bonds is 6. The maximum Gasteiger partial charge on any atom is 0.302 e. The molecule has 1 aromatic rings. The molecule has 2 heterocycles. The van der Waals surface area contributed by atoms with Crippen LogP contribution in [0.2, 0.25) is 0 Å². The average molecular weight is 315 g/mol. The molecule has 1 aliphatic rings. The summed E-state index contributed by atoms with van der Waals surface area (Å²) in [5.41, 5.74) is 1.23. The van der Waals surface area contributed by atoms with Crippen LogP contribution in [0.5, 0.6) is 0 Å². The summed E-state index contributed by atoms with van der Waals surface area (Å²) in [5, 5.41) is 7.42. The van der Waals surface area contributed by atoms with E-state index < -0.39 is 10.2 Å². The lowest BCUT2D eigenvalue weighted by Gasteiger charge is -2.34. The average Bonchev–Trinajstić information content (AvgIpc) is 2.74. The fourth-order valence-electron chi connectivity index (χ4n) is 2.70. The molecule has 120 valence electrons. The lowest BCUT2D eigenvalue weighted by molar-refractivity contribution is 0.248. The first-order valence-corrected chi connectivity index (χ1v) is 8.88. The number of piperidine rings is 1. The molecule has 1 unspecified atom stereocenters. The van der Waals surface area contributed by atoms with Crippen molar-refractivity contribution in [1.29, 1.82) is 0 Å². The molecular weight excluding hydrogens is 290 g/mol. The molecular formula is C13H25N5O2S. The monoisotopic (exact) mass is 315 g/mol. The Morgan fingerprint density at radius 3 is 2.81 bits per heavy atom. The molecule has 0 amide bonds. The van der Waals surface area contributed by atoms with Crippen molar-refractivity contribution in [3.8, 4) is 0 Å². The van der Waals surface area contributed by atoms with Crippen molar-refractivity contribution >= 4 is 15.9 Å². The van der Waals surface area contributed by atoms with Crippen LogP contribution in [-0.4, -0.2) is 48.2 Å². The van der Waals surface area contributed by atoms with Crippen molar-refractivity contribution in [1.82, 2.24) is 19.4 Å². The maximum atomic E-state index is 12.6. The molecule has 21 heavy (non-hydrogen) atoms. The number of likely N-dealkylation sites (N-methyl/N-ethyl adjacent to an activating group) is 1. The van der Waals surface area contributed by atoms with Crippen molar-refractivity contribution in [3.63, 3.8) is 0 Å². The van der Waals surface area contributed by atoms with Gasteiger partial charge < -0.3 is 5.32 Å². The minimum Gasteiger partial charge on any atom is -0.315 e. The zero-order valence-corrected chi connectivity index (χ0v) is 13.8. The van der Waals surface area contributed by atoms with E-state index in [1.807, 2.05) is 6.92 Å². The van der Waals surface area contributed by atoms with Crippen LogP contribution in [-0.2, 0) is 17.3 Å². The number of nitrogens with one attached hydrogen (secondary N) is 2. The van der Waals surface area contributed by atoms with Gasteiger partial charge in [0, 0.05) is 32.4 Å². The first kappa shape index (κ1) is 16.3. The van der Waals surface area contributed by atoms with Gasteiger partial charge in [0.15, 0.2) is 0 Å². The van der Waals surface area contributed by atoms with E-state index in [0.29, 0.717) is 24.5 Å². The summed E-state index contributed by atoms with van der Waals surface area (Å²) in [6.07, 6.45) is 4.58. The molecule has 0 saturated carbocycles. The minimum absolute atomic E-state index is 0.0215. The summed E-state index contributed by atoms with van der Waals surface area (Å²) in [4.78, 5) is 0. The van der Waals surface area contributed by atoms with Crippen LogP contribution in [0.1, 0.15) is 31.9 Å². The molecule has 0 radical (unpaired) electrons. The van der Waals surface area contributed by atoms with Gasteiger partial charge in [-0.05, 0) is 26.3 Å². The Hall–Kier alpha value is -1.12. The summed E-state index contributed by atoms with van der Waals surface area (Å²) in [6.45, 7) is 5.94. The highest BCUT2D eigenvalue weighted by Crippen LogP contribution is 2.22. The van der Waals surface area contributed by atoms with Gasteiger partial charge in [-0.15, -0.1) is 0 Å². The van der Waals surface area contributed by atoms with Crippen LogP contribution in [0.15, 0.2) is 6.20 Å². The molecule has 1 saturated heterocycles. The van der Waals surface area contributed by atoms with Gasteiger partial charge in [0.05, 0.1) is 11.4 Å². The Bertz CT molecular complexity index is 569. The Morgan fingerprint density at radius 2 is 2.19 bits per heavy atom. The molecule has 1 aromatic heterocycles. The highest BCUT2D eigenvalue weighted by atomic mass is 32.2. The van der Waals surface area contributed by atoms with Crippen molar-refractivity contribution in [2.24, 2.45) is 7.05 Å². The minimum atomic E-state index is -3.54. The molecule has 0 aromatic carbocycles. The van der Waals surface area contributed by atoms with Crippen LogP contribution in [0.4, 0.5) is 5.69 Å². The van der Waals surface area contributed by atoms with Gasteiger partial charge in [-0.2, -0.15) is 17.8 Å². The van der Waals surface area contributed by atoms with Crippen molar-refractivity contribution in [2.75, 3.05) is 24.4 Å². The van der Waals surface area contributed by atoms with Crippen LogP contribution < -0.4 is 10.0 Å². The number of anilines is 1. The molecule has 8 heteroatoms. The fraction of sp³-hybridized carbons (Fsp3) is 0.769. The second kappa shape index (κ2) is 6.76. The van der Waals surface area contributed by atoms with Gasteiger partial charge in [0.2, 0.25) is 0 Å². The second-order valence-electron chi connectivity index (χ2n) is 5.48. The van der Waals surface area contributed by atoms with Gasteiger partial charge in [-0.3, -0.25) is 9.40 Å². The fourth-order valence-corrected chi connectivity index (χ4v) is 4.24. The van der Waals surface area contributed by atoms with Crippen LogP contribution in [0.25, 0.3) is 0 Å². The molecule has 0 aliphatic carbocycles. The third-order valence-electron chi connectivity index (χ3n) is 3.76. The molecule has 1 aliphatic heterocycles. The number of nitrogens with zero attached hydrogens (tertiary/aromatic N) is 3. The quantitative estimate of drug-likeness (QED) is 0.816. The first-order chi connectivity index (χ1) is 9.94. The predicted molar refractivity (Wildman–Crippen MR) is 83.4 cm³/mol. The Labute approximate surface area is 126 Å². The van der Waals surface area contributed by atoms with Crippen molar-refractivity contribution < 1.29 is 8.42 Å². The summed E-state index contributed by atoms with van der Waals surface area (Å²) in [6, 6.07) is 0.0215. The smallest absolute Gasteiger partial charge is 0.302 e. The van der Waals surface area contributed by atoms with Gasteiger partial charge in [-0.25, -0.2) is 0 Å². The zero-order valence-electron chi connectivity index (χ0n) is 13.0. The van der Waals surface area contributed by atoms with Crippen LogP contribution in [0.3, 0.4) is 0 Å². The molecule has 0 spiro atoms. The van der Waals surface area contributed by atoms with E-state index in [1.165, 1.54) is 0 Å². The van der Waals surface area contributed by atoms with Crippen LogP contribution in [0, 0.1) is 6.92 Å². The van der Waals surface area contributed by atoms with E-state index in [1.54, 1.807) is 29.2 Å². The van der Waals surface area contributed by atoms with E-state index in [9.17, 15) is 8.42 Å². The number of hydrogen-bond acceptors (Lipinski definition) is 4.